The molecule has 0 radical (unpaired) electrons. The molecule has 13 heavy (non-hydrogen) atoms. The molecule has 2 aromatic heterocycles. The van der Waals surface area contributed by atoms with E-state index < -0.39 is 0 Å². The van der Waals surface area contributed by atoms with E-state index in [1.54, 1.807) is 6.33 Å². The number of aromatic nitrogens is 2. The van der Waals surface area contributed by atoms with Gasteiger partial charge in [-0.05, 0) is 19.1 Å². The molecule has 0 unspecified atom stereocenters. The number of nitrogens with zero attached hydrogens (tertiary/aromatic N) is 2. The second kappa shape index (κ2) is 2.58. The molecule has 4 heteroatoms. The molecule has 2 rings (SSSR count). The summed E-state index contributed by atoms with van der Waals surface area (Å²) in [6.45, 7) is 1.98. The average molecular weight is 174 g/mol. The van der Waals surface area contributed by atoms with Gasteiger partial charge in [-0.3, -0.25) is 5.41 Å². The Hall–Kier alpha value is -1.84. The quantitative estimate of drug-likeness (QED) is 0.498. The maximum atomic E-state index is 7.31. The summed E-state index contributed by atoms with van der Waals surface area (Å²) in [7, 11) is 0. The van der Waals surface area contributed by atoms with E-state index in [0.717, 1.165) is 11.2 Å². The summed E-state index contributed by atoms with van der Waals surface area (Å²) in [5.41, 5.74) is 7.89. The van der Waals surface area contributed by atoms with Crippen molar-refractivity contribution in [3.05, 3.63) is 35.9 Å². The van der Waals surface area contributed by atoms with Crippen LogP contribution in [0.3, 0.4) is 0 Å². The Morgan fingerprint density at radius 2 is 2.31 bits per heavy atom. The number of pyridine rings is 1. The summed E-state index contributed by atoms with van der Waals surface area (Å²) in [6.07, 6.45) is 1.68. The first-order valence-corrected chi connectivity index (χ1v) is 3.97. The van der Waals surface area contributed by atoms with E-state index in [4.69, 9.17) is 11.1 Å². The maximum absolute atomic E-state index is 7.31. The molecule has 4 nitrogen and oxygen atoms in total. The fourth-order valence-electron chi connectivity index (χ4n) is 1.36. The summed E-state index contributed by atoms with van der Waals surface area (Å²) >= 11 is 0. The van der Waals surface area contributed by atoms with Crippen LogP contribution in [0.1, 0.15) is 11.4 Å². The first-order chi connectivity index (χ1) is 6.20. The lowest BCUT2D eigenvalue weighted by atomic mass is 10.3. The van der Waals surface area contributed by atoms with Crippen molar-refractivity contribution in [2.75, 3.05) is 0 Å². The summed E-state index contributed by atoms with van der Waals surface area (Å²) in [6, 6.07) is 5.81. The van der Waals surface area contributed by atoms with Gasteiger partial charge in [-0.1, -0.05) is 6.07 Å². The van der Waals surface area contributed by atoms with Crippen LogP contribution in [0.5, 0.6) is 0 Å². The Bertz CT molecular complexity index is 469. The van der Waals surface area contributed by atoms with E-state index in [2.05, 4.69) is 4.98 Å². The standard InChI is InChI=1S/C9H10N4/c1-6-3-2-4-7-8(9(10)11)12-5-13(6)7/h2-5H,1H3,(H3,10,11). The van der Waals surface area contributed by atoms with Crippen LogP contribution in [0, 0.1) is 12.3 Å². The first-order valence-electron chi connectivity index (χ1n) is 3.97. The van der Waals surface area contributed by atoms with Crippen molar-refractivity contribution < 1.29 is 0 Å². The van der Waals surface area contributed by atoms with Gasteiger partial charge in [0.2, 0.25) is 0 Å². The molecule has 0 saturated heterocycles. The minimum atomic E-state index is 0.00750. The van der Waals surface area contributed by atoms with Crippen molar-refractivity contribution in [2.45, 2.75) is 6.92 Å². The molecule has 0 atom stereocenters. The van der Waals surface area contributed by atoms with Gasteiger partial charge in [0, 0.05) is 5.69 Å². The van der Waals surface area contributed by atoms with Crippen LogP contribution in [0.25, 0.3) is 5.52 Å². The van der Waals surface area contributed by atoms with E-state index in [-0.39, 0.29) is 5.84 Å². The van der Waals surface area contributed by atoms with Gasteiger partial charge in [0.05, 0.1) is 5.52 Å². The SMILES string of the molecule is Cc1cccc2c(C(=N)N)ncn12. The molecule has 0 fully saturated rings. The highest BCUT2D eigenvalue weighted by Crippen LogP contribution is 2.10. The van der Waals surface area contributed by atoms with Crippen molar-refractivity contribution in [3.63, 3.8) is 0 Å². The summed E-state index contributed by atoms with van der Waals surface area (Å²) in [5, 5.41) is 7.31. The van der Waals surface area contributed by atoms with Crippen LogP contribution in [0.15, 0.2) is 24.5 Å². The lowest BCUT2D eigenvalue weighted by molar-refractivity contribution is 1.07. The number of hydrogen-bond donors (Lipinski definition) is 2. The highest BCUT2D eigenvalue weighted by molar-refractivity contribution is 5.99. The number of nitrogens with one attached hydrogen (secondary N) is 1. The molecular formula is C9H10N4. The number of fused-ring (bicyclic) bond motifs is 1. The number of hydrogen-bond acceptors (Lipinski definition) is 2. The molecule has 0 aliphatic rings. The fourth-order valence-corrected chi connectivity index (χ4v) is 1.36. The number of aryl methyl sites for hydroxylation is 1. The second-order valence-electron chi connectivity index (χ2n) is 2.93. The zero-order valence-corrected chi connectivity index (χ0v) is 7.28. The van der Waals surface area contributed by atoms with E-state index >= 15 is 0 Å². The lowest BCUT2D eigenvalue weighted by Gasteiger charge is -1.98. The van der Waals surface area contributed by atoms with Crippen molar-refractivity contribution in [3.8, 4) is 0 Å². The smallest absolute Gasteiger partial charge is 0.144 e. The van der Waals surface area contributed by atoms with Crippen LogP contribution in [0.4, 0.5) is 0 Å². The predicted molar refractivity (Wildman–Crippen MR) is 50.9 cm³/mol. The normalized spacial score (nSPS) is 10.5. The molecule has 0 aliphatic carbocycles. The molecule has 0 bridgehead atoms. The highest BCUT2D eigenvalue weighted by Gasteiger charge is 2.06. The summed E-state index contributed by atoms with van der Waals surface area (Å²) < 4.78 is 1.91. The topological polar surface area (TPSA) is 67.2 Å². The molecule has 0 saturated carbocycles. The molecule has 3 N–H and O–H groups in total. The zero-order chi connectivity index (χ0) is 9.42. The molecule has 2 heterocycles. The van der Waals surface area contributed by atoms with Crippen molar-refractivity contribution >= 4 is 11.4 Å². The van der Waals surface area contributed by atoms with Crippen LogP contribution >= 0.6 is 0 Å². The zero-order valence-electron chi connectivity index (χ0n) is 7.28. The van der Waals surface area contributed by atoms with E-state index in [9.17, 15) is 0 Å². The summed E-state index contributed by atoms with van der Waals surface area (Å²) in [5.74, 6) is 0.00750. The van der Waals surface area contributed by atoms with E-state index in [1.165, 1.54) is 0 Å². The third-order valence-electron chi connectivity index (χ3n) is 2.03. The number of rotatable bonds is 1. The molecule has 0 aliphatic heterocycles. The Morgan fingerprint density at radius 1 is 1.54 bits per heavy atom. The van der Waals surface area contributed by atoms with Gasteiger partial charge in [0.25, 0.3) is 0 Å². The van der Waals surface area contributed by atoms with Crippen molar-refractivity contribution in [2.24, 2.45) is 5.73 Å². The highest BCUT2D eigenvalue weighted by atomic mass is 15.0. The van der Waals surface area contributed by atoms with Gasteiger partial charge in [-0.2, -0.15) is 0 Å². The Balaban J connectivity index is 2.83. The van der Waals surface area contributed by atoms with Gasteiger partial charge in [-0.25, -0.2) is 4.98 Å². The lowest BCUT2D eigenvalue weighted by Crippen LogP contribution is -2.11. The minimum absolute atomic E-state index is 0.00750. The number of nitrogen functional groups attached to an aromatic ring is 1. The molecule has 0 aromatic carbocycles. The predicted octanol–water partition coefficient (Wildman–Crippen LogP) is 0.927. The van der Waals surface area contributed by atoms with Gasteiger partial charge in [0.1, 0.15) is 17.9 Å². The molecule has 0 spiro atoms. The Kier molecular flexibility index (Phi) is 1.55. The van der Waals surface area contributed by atoms with Crippen molar-refractivity contribution in [1.29, 1.82) is 5.41 Å². The van der Waals surface area contributed by atoms with Gasteiger partial charge in [0.15, 0.2) is 0 Å². The fraction of sp³-hybridized carbons (Fsp3) is 0.111. The molecule has 0 amide bonds. The molecule has 2 aromatic rings. The van der Waals surface area contributed by atoms with Gasteiger partial charge >= 0.3 is 0 Å². The number of imidazole rings is 1. The third kappa shape index (κ3) is 1.07. The molecular weight excluding hydrogens is 164 g/mol. The number of amidine groups is 1. The number of nitrogens with two attached hydrogens (primary N) is 1. The van der Waals surface area contributed by atoms with Crippen LogP contribution in [-0.2, 0) is 0 Å². The van der Waals surface area contributed by atoms with Crippen LogP contribution in [-0.4, -0.2) is 15.2 Å². The average Bonchev–Trinajstić information content (AvgIpc) is 2.48. The van der Waals surface area contributed by atoms with E-state index in [0.29, 0.717) is 5.69 Å². The van der Waals surface area contributed by atoms with Crippen LogP contribution in [0.2, 0.25) is 0 Å². The minimum Gasteiger partial charge on any atom is -0.382 e. The van der Waals surface area contributed by atoms with Crippen molar-refractivity contribution in [1.82, 2.24) is 9.38 Å². The Morgan fingerprint density at radius 3 is 3.00 bits per heavy atom. The largest absolute Gasteiger partial charge is 0.382 e. The van der Waals surface area contributed by atoms with Gasteiger partial charge < -0.3 is 10.1 Å². The first kappa shape index (κ1) is 7.79. The maximum Gasteiger partial charge on any atom is 0.144 e. The van der Waals surface area contributed by atoms with Crippen LogP contribution < -0.4 is 5.73 Å². The van der Waals surface area contributed by atoms with E-state index in [1.807, 2.05) is 29.5 Å². The molecule has 66 valence electrons. The van der Waals surface area contributed by atoms with Gasteiger partial charge in [-0.15, -0.1) is 0 Å². The monoisotopic (exact) mass is 174 g/mol. The Labute approximate surface area is 75.5 Å². The third-order valence-corrected chi connectivity index (χ3v) is 2.03. The summed E-state index contributed by atoms with van der Waals surface area (Å²) in [4.78, 5) is 4.07. The second-order valence-corrected chi connectivity index (χ2v) is 2.93.